The largest absolute Gasteiger partial charge is 0.393 e. The van der Waals surface area contributed by atoms with Crippen molar-refractivity contribution in [3.8, 4) is 0 Å². The third-order valence-corrected chi connectivity index (χ3v) is 5.27. The summed E-state index contributed by atoms with van der Waals surface area (Å²) in [5.74, 6) is -0.325. The molecule has 0 saturated carbocycles. The van der Waals surface area contributed by atoms with Crippen LogP contribution in [0.1, 0.15) is 38.7 Å². The molecule has 1 aromatic rings. The second-order valence-electron chi connectivity index (χ2n) is 5.15. The Labute approximate surface area is 120 Å². The number of benzene rings is 1. The van der Waals surface area contributed by atoms with E-state index in [0.717, 1.165) is 5.56 Å². The Balaban J connectivity index is 3.16. The van der Waals surface area contributed by atoms with Crippen LogP contribution >= 0.6 is 0 Å². The van der Waals surface area contributed by atoms with Gasteiger partial charge in [-0.3, -0.25) is 4.79 Å². The quantitative estimate of drug-likeness (QED) is 0.838. The molecule has 0 heterocycles. The van der Waals surface area contributed by atoms with E-state index in [1.807, 2.05) is 13.8 Å². The van der Waals surface area contributed by atoms with Crippen LogP contribution in [0.4, 0.5) is 0 Å². The molecular formula is C15H22O4S. The molecule has 20 heavy (non-hydrogen) atoms. The van der Waals surface area contributed by atoms with E-state index in [9.17, 15) is 18.3 Å². The zero-order valence-corrected chi connectivity index (χ0v) is 13.0. The molecule has 0 radical (unpaired) electrons. The lowest BCUT2D eigenvalue weighted by molar-refractivity contribution is -0.119. The van der Waals surface area contributed by atoms with Crippen molar-refractivity contribution in [2.24, 2.45) is 0 Å². The van der Waals surface area contributed by atoms with Gasteiger partial charge >= 0.3 is 0 Å². The van der Waals surface area contributed by atoms with Gasteiger partial charge in [-0.2, -0.15) is 0 Å². The van der Waals surface area contributed by atoms with Crippen LogP contribution in [-0.4, -0.2) is 30.7 Å². The minimum Gasteiger partial charge on any atom is -0.393 e. The predicted molar refractivity (Wildman–Crippen MR) is 78.4 cm³/mol. The third kappa shape index (κ3) is 4.15. The molecule has 0 aromatic heterocycles. The Kier molecular flexibility index (Phi) is 5.89. The smallest absolute Gasteiger partial charge is 0.188 e. The zero-order chi connectivity index (χ0) is 15.3. The summed E-state index contributed by atoms with van der Waals surface area (Å²) >= 11 is 0. The van der Waals surface area contributed by atoms with Gasteiger partial charge in [-0.15, -0.1) is 0 Å². The predicted octanol–water partition coefficient (Wildman–Crippen LogP) is 2.28. The average molecular weight is 298 g/mol. The van der Waals surface area contributed by atoms with Crippen molar-refractivity contribution >= 4 is 15.6 Å². The van der Waals surface area contributed by atoms with Crippen molar-refractivity contribution in [2.75, 3.05) is 0 Å². The summed E-state index contributed by atoms with van der Waals surface area (Å²) in [5.41, 5.74) is 0.955. The second-order valence-corrected chi connectivity index (χ2v) is 7.28. The lowest BCUT2D eigenvalue weighted by Gasteiger charge is -2.18. The molecule has 0 amide bonds. The van der Waals surface area contributed by atoms with E-state index >= 15 is 0 Å². The van der Waals surface area contributed by atoms with E-state index in [1.165, 1.54) is 19.1 Å². The van der Waals surface area contributed by atoms with Crippen molar-refractivity contribution in [3.63, 3.8) is 0 Å². The van der Waals surface area contributed by atoms with Gasteiger partial charge in [0.25, 0.3) is 0 Å². The van der Waals surface area contributed by atoms with E-state index in [4.69, 9.17) is 0 Å². The van der Waals surface area contributed by atoms with E-state index in [0.29, 0.717) is 6.42 Å². The molecule has 1 unspecified atom stereocenters. The molecule has 112 valence electrons. The minimum atomic E-state index is -3.74. The van der Waals surface area contributed by atoms with Gasteiger partial charge in [0, 0.05) is 6.42 Å². The summed E-state index contributed by atoms with van der Waals surface area (Å²) in [6, 6.07) is 6.44. The van der Waals surface area contributed by atoms with Crippen molar-refractivity contribution in [3.05, 3.63) is 29.8 Å². The van der Waals surface area contributed by atoms with Crippen LogP contribution in [0.5, 0.6) is 0 Å². The average Bonchev–Trinajstić information content (AvgIpc) is 2.36. The highest BCUT2D eigenvalue weighted by Crippen LogP contribution is 2.22. The number of ketones is 1. The van der Waals surface area contributed by atoms with Gasteiger partial charge < -0.3 is 5.11 Å². The fraction of sp³-hybridized carbons (Fsp3) is 0.533. The summed E-state index contributed by atoms with van der Waals surface area (Å²) in [4.78, 5) is 12.2. The molecule has 0 bridgehead atoms. The second kappa shape index (κ2) is 6.99. The summed E-state index contributed by atoms with van der Waals surface area (Å²) in [5, 5.41) is 8.32. The highest BCUT2D eigenvalue weighted by Gasteiger charge is 2.34. The minimum absolute atomic E-state index is 0.0605. The molecule has 1 N–H and O–H groups in total. The van der Waals surface area contributed by atoms with Crippen LogP contribution in [-0.2, 0) is 14.6 Å². The van der Waals surface area contributed by atoms with Crippen molar-refractivity contribution < 1.29 is 18.3 Å². The number of Topliss-reactive ketones (excluding diaryl/α,β-unsaturated/α-hetero) is 1. The Morgan fingerprint density at radius 2 is 1.80 bits per heavy atom. The maximum atomic E-state index is 12.6. The first kappa shape index (κ1) is 16.9. The molecule has 1 rings (SSSR count). The van der Waals surface area contributed by atoms with Gasteiger partial charge in [-0.05, 0) is 38.8 Å². The molecule has 0 spiro atoms. The van der Waals surface area contributed by atoms with Crippen LogP contribution in [0.2, 0.25) is 0 Å². The Morgan fingerprint density at radius 1 is 1.25 bits per heavy atom. The number of sulfone groups is 1. The number of carbonyl (C=O) groups excluding carboxylic acids is 1. The fourth-order valence-corrected chi connectivity index (χ4v) is 3.88. The van der Waals surface area contributed by atoms with Gasteiger partial charge in [-0.25, -0.2) is 8.42 Å². The lowest BCUT2D eigenvalue weighted by Crippen LogP contribution is -2.33. The number of rotatable bonds is 7. The van der Waals surface area contributed by atoms with Crippen LogP contribution in [0.25, 0.3) is 0 Å². The topological polar surface area (TPSA) is 71.4 Å². The van der Waals surface area contributed by atoms with E-state index in [1.54, 1.807) is 12.1 Å². The first-order chi connectivity index (χ1) is 9.28. The summed E-state index contributed by atoms with van der Waals surface area (Å²) in [7, 11) is -3.74. The monoisotopic (exact) mass is 298 g/mol. The van der Waals surface area contributed by atoms with Crippen LogP contribution in [0.15, 0.2) is 29.2 Å². The maximum Gasteiger partial charge on any atom is 0.188 e. The van der Waals surface area contributed by atoms with Gasteiger partial charge in [0.05, 0.1) is 11.0 Å². The Morgan fingerprint density at radius 3 is 2.25 bits per heavy atom. The number of aliphatic hydroxyl groups excluding tert-OH is 1. The van der Waals surface area contributed by atoms with E-state index in [-0.39, 0.29) is 23.5 Å². The molecule has 4 nitrogen and oxygen atoms in total. The molecule has 5 heteroatoms. The van der Waals surface area contributed by atoms with Gasteiger partial charge in [0.15, 0.2) is 15.6 Å². The Hall–Kier alpha value is -1.20. The highest BCUT2D eigenvalue weighted by molar-refractivity contribution is 7.92. The zero-order valence-electron chi connectivity index (χ0n) is 12.2. The number of hydrogen-bond acceptors (Lipinski definition) is 4. The molecule has 0 aliphatic carbocycles. The normalized spacial score (nSPS) is 14.8. The van der Waals surface area contributed by atoms with Gasteiger partial charge in [0.2, 0.25) is 0 Å². The molecule has 1 aromatic carbocycles. The number of aryl methyl sites for hydroxylation is 1. The van der Waals surface area contributed by atoms with Gasteiger partial charge in [0.1, 0.15) is 5.25 Å². The van der Waals surface area contributed by atoms with Crippen LogP contribution < -0.4 is 0 Å². The Bertz CT molecular complexity index is 544. The lowest BCUT2D eigenvalue weighted by atomic mass is 10.1. The highest BCUT2D eigenvalue weighted by atomic mass is 32.2. The summed E-state index contributed by atoms with van der Waals surface area (Å²) in [6.45, 7) is 5.19. The summed E-state index contributed by atoms with van der Waals surface area (Å²) < 4.78 is 25.1. The van der Waals surface area contributed by atoms with Crippen LogP contribution in [0.3, 0.4) is 0 Å². The molecule has 0 aliphatic rings. The first-order valence-electron chi connectivity index (χ1n) is 6.80. The van der Waals surface area contributed by atoms with E-state index in [2.05, 4.69) is 0 Å². The fourth-order valence-electron chi connectivity index (χ4n) is 2.04. The maximum absolute atomic E-state index is 12.6. The van der Waals surface area contributed by atoms with Crippen molar-refractivity contribution in [2.45, 2.75) is 56.3 Å². The SMILES string of the molecule is CCCC(=O)C(C[C@H](C)O)S(=O)(=O)c1ccc(C)cc1. The first-order valence-corrected chi connectivity index (χ1v) is 8.35. The molecule has 0 aliphatic heterocycles. The van der Waals surface area contributed by atoms with Gasteiger partial charge in [-0.1, -0.05) is 24.6 Å². The summed E-state index contributed by atoms with van der Waals surface area (Å²) in [6.07, 6.45) is -0.0863. The van der Waals surface area contributed by atoms with Crippen LogP contribution in [0, 0.1) is 6.92 Å². The van der Waals surface area contributed by atoms with E-state index < -0.39 is 21.2 Å². The van der Waals surface area contributed by atoms with Crippen molar-refractivity contribution in [1.29, 1.82) is 0 Å². The number of hydrogen-bond donors (Lipinski definition) is 1. The molecule has 0 saturated heterocycles. The number of aliphatic hydroxyl groups is 1. The standard InChI is InChI=1S/C15H22O4S/c1-4-5-14(17)15(10-12(3)16)20(18,19)13-8-6-11(2)7-9-13/h6-9,12,15-16H,4-5,10H2,1-3H3/t12-,15?/m0/s1. The molecule has 0 fully saturated rings. The molecular weight excluding hydrogens is 276 g/mol. The molecule has 2 atom stereocenters. The third-order valence-electron chi connectivity index (χ3n) is 3.13. The number of carbonyl (C=O) groups is 1. The van der Waals surface area contributed by atoms with Crippen molar-refractivity contribution in [1.82, 2.24) is 0 Å².